The molecule has 5 rings (SSSR count). The molecule has 0 saturated heterocycles. The molecule has 3 atom stereocenters. The summed E-state index contributed by atoms with van der Waals surface area (Å²) in [5.41, 5.74) is 6.70. The van der Waals surface area contributed by atoms with Crippen molar-refractivity contribution in [1.82, 2.24) is 25.0 Å². The molecule has 0 spiro atoms. The summed E-state index contributed by atoms with van der Waals surface area (Å²) in [4.78, 5) is 21.6. The minimum atomic E-state index is 0.0198. The van der Waals surface area contributed by atoms with Crippen molar-refractivity contribution in [2.24, 2.45) is 11.8 Å². The number of nitrogens with zero attached hydrogens (tertiary/aromatic N) is 5. The SMILES string of the molecule is CNc1nc(C)cc(N2CCc3c(c(C)nn3CC3CCC4(NC(=O)CCN(C)C)CCC3C4)C2)c1C=N. The van der Waals surface area contributed by atoms with Crippen molar-refractivity contribution in [2.45, 2.75) is 77.4 Å². The van der Waals surface area contributed by atoms with E-state index in [0.29, 0.717) is 18.3 Å². The smallest absolute Gasteiger partial charge is 0.221 e. The van der Waals surface area contributed by atoms with E-state index < -0.39 is 0 Å². The first kappa shape index (κ1) is 26.7. The highest BCUT2D eigenvalue weighted by Crippen LogP contribution is 2.49. The van der Waals surface area contributed by atoms with Crippen LogP contribution in [0, 0.1) is 31.1 Å². The molecule has 0 aromatic carbocycles. The summed E-state index contributed by atoms with van der Waals surface area (Å²) in [5, 5.41) is 19.6. The van der Waals surface area contributed by atoms with Gasteiger partial charge in [-0.2, -0.15) is 5.10 Å². The zero-order valence-corrected chi connectivity index (χ0v) is 23.7. The van der Waals surface area contributed by atoms with Crippen LogP contribution < -0.4 is 15.5 Å². The summed E-state index contributed by atoms with van der Waals surface area (Å²) < 4.78 is 2.31. The Morgan fingerprint density at radius 1 is 1.29 bits per heavy atom. The zero-order valence-electron chi connectivity index (χ0n) is 23.7. The first-order valence-electron chi connectivity index (χ1n) is 14.2. The fraction of sp³-hybridized carbons (Fsp3) is 0.655. The number of pyridine rings is 1. The summed E-state index contributed by atoms with van der Waals surface area (Å²) in [6.45, 7) is 7.64. The van der Waals surface area contributed by atoms with Gasteiger partial charge in [0.05, 0.1) is 16.9 Å². The molecule has 3 N–H and O–H groups in total. The Bertz CT molecular complexity index is 1200. The highest BCUT2D eigenvalue weighted by atomic mass is 16.1. The predicted molar refractivity (Wildman–Crippen MR) is 152 cm³/mol. The molecule has 1 amide bonds. The number of anilines is 2. The molecular formula is C29H44N8O. The average Bonchev–Trinajstić information content (AvgIpc) is 3.40. The number of hydrogen-bond donors (Lipinski definition) is 3. The number of rotatable bonds is 9. The lowest BCUT2D eigenvalue weighted by molar-refractivity contribution is -0.123. The standard InChI is InChI=1S/C29H44N8O/c1-19-14-26(23(16-30)28(31-3)32-19)36-13-8-25-24(18-36)20(2)34-37(25)17-22-7-11-29(10-6-21(22)15-29)33-27(38)9-12-35(4)5/h14,16,21-22,30H,6-13,15,17-18H2,1-5H3,(H,31,32)(H,33,38). The summed E-state index contributed by atoms with van der Waals surface area (Å²) in [6, 6.07) is 2.10. The van der Waals surface area contributed by atoms with Crippen LogP contribution in [0.25, 0.3) is 0 Å². The van der Waals surface area contributed by atoms with Gasteiger partial charge in [-0.25, -0.2) is 4.98 Å². The number of fused-ring (bicyclic) bond motifs is 3. The third kappa shape index (κ3) is 5.17. The van der Waals surface area contributed by atoms with Crippen LogP contribution in [0.4, 0.5) is 11.5 Å². The zero-order chi connectivity index (χ0) is 27.0. The molecule has 0 radical (unpaired) electrons. The number of amides is 1. The summed E-state index contributed by atoms with van der Waals surface area (Å²) in [7, 11) is 5.89. The van der Waals surface area contributed by atoms with Gasteiger partial charge in [0.25, 0.3) is 0 Å². The average molecular weight is 521 g/mol. The van der Waals surface area contributed by atoms with Gasteiger partial charge < -0.3 is 25.8 Å². The van der Waals surface area contributed by atoms with Crippen LogP contribution >= 0.6 is 0 Å². The third-order valence-corrected chi connectivity index (χ3v) is 9.13. The maximum atomic E-state index is 12.6. The fourth-order valence-corrected chi connectivity index (χ4v) is 7.10. The van der Waals surface area contributed by atoms with E-state index in [1.54, 1.807) is 0 Å². The predicted octanol–water partition coefficient (Wildman–Crippen LogP) is 3.51. The molecule has 2 saturated carbocycles. The van der Waals surface area contributed by atoms with Crippen molar-refractivity contribution in [3.05, 3.63) is 34.3 Å². The van der Waals surface area contributed by atoms with Crippen molar-refractivity contribution in [3.8, 4) is 0 Å². The van der Waals surface area contributed by atoms with Gasteiger partial charge in [-0.05, 0) is 77.9 Å². The molecule has 206 valence electrons. The van der Waals surface area contributed by atoms with Crippen molar-refractivity contribution in [3.63, 3.8) is 0 Å². The van der Waals surface area contributed by atoms with Crippen LogP contribution in [0.5, 0.6) is 0 Å². The van der Waals surface area contributed by atoms with E-state index >= 15 is 0 Å². The molecule has 9 heteroatoms. The van der Waals surface area contributed by atoms with Crippen LogP contribution in [0.2, 0.25) is 0 Å². The van der Waals surface area contributed by atoms with Crippen LogP contribution in [0.3, 0.4) is 0 Å². The Morgan fingerprint density at radius 2 is 2.08 bits per heavy atom. The Kier molecular flexibility index (Phi) is 7.49. The van der Waals surface area contributed by atoms with E-state index in [1.807, 2.05) is 28.1 Å². The molecule has 1 aliphatic heterocycles. The summed E-state index contributed by atoms with van der Waals surface area (Å²) >= 11 is 0. The van der Waals surface area contributed by atoms with E-state index in [4.69, 9.17) is 10.5 Å². The van der Waals surface area contributed by atoms with E-state index in [9.17, 15) is 4.79 Å². The van der Waals surface area contributed by atoms with Gasteiger partial charge in [-0.1, -0.05) is 0 Å². The minimum absolute atomic E-state index is 0.0198. The molecule has 2 aromatic heterocycles. The molecular weight excluding hydrogens is 476 g/mol. The molecule has 3 aliphatic rings. The first-order valence-corrected chi connectivity index (χ1v) is 14.2. The molecule has 2 aliphatic carbocycles. The Labute approximate surface area is 226 Å². The van der Waals surface area contributed by atoms with Crippen LogP contribution in [-0.4, -0.2) is 71.6 Å². The van der Waals surface area contributed by atoms with Crippen LogP contribution in [-0.2, 0) is 24.3 Å². The van der Waals surface area contributed by atoms with Gasteiger partial charge in [0.1, 0.15) is 5.82 Å². The molecule has 2 fully saturated rings. The van der Waals surface area contributed by atoms with Gasteiger partial charge in [-0.3, -0.25) is 9.48 Å². The largest absolute Gasteiger partial charge is 0.373 e. The lowest BCUT2D eigenvalue weighted by atomic mass is 9.76. The Morgan fingerprint density at radius 3 is 2.82 bits per heavy atom. The molecule has 9 nitrogen and oxygen atoms in total. The lowest BCUT2D eigenvalue weighted by Crippen LogP contribution is -2.49. The van der Waals surface area contributed by atoms with Gasteiger partial charge >= 0.3 is 0 Å². The highest BCUT2D eigenvalue weighted by molar-refractivity contribution is 5.92. The van der Waals surface area contributed by atoms with Crippen LogP contribution in [0.15, 0.2) is 6.07 Å². The molecule has 2 bridgehead atoms. The maximum Gasteiger partial charge on any atom is 0.221 e. The summed E-state index contributed by atoms with van der Waals surface area (Å²) in [6.07, 6.45) is 8.61. The van der Waals surface area contributed by atoms with Crippen molar-refractivity contribution >= 4 is 23.6 Å². The van der Waals surface area contributed by atoms with E-state index in [0.717, 1.165) is 86.7 Å². The lowest BCUT2D eigenvalue weighted by Gasteiger charge is -2.38. The Balaban J connectivity index is 1.27. The van der Waals surface area contributed by atoms with Crippen molar-refractivity contribution in [1.29, 1.82) is 5.41 Å². The second-order valence-electron chi connectivity index (χ2n) is 12.0. The quantitative estimate of drug-likeness (QED) is 0.438. The second kappa shape index (κ2) is 10.7. The maximum absolute atomic E-state index is 12.6. The summed E-state index contributed by atoms with van der Waals surface area (Å²) in [5.74, 6) is 2.24. The van der Waals surface area contributed by atoms with E-state index in [1.165, 1.54) is 23.9 Å². The number of aryl methyl sites for hydroxylation is 2. The molecule has 3 heterocycles. The monoisotopic (exact) mass is 520 g/mol. The number of carbonyl (C=O) groups excluding carboxylic acids is 1. The molecule has 3 unspecified atom stereocenters. The second-order valence-corrected chi connectivity index (χ2v) is 12.0. The number of carbonyl (C=O) groups is 1. The number of aromatic nitrogens is 3. The normalized spacial score (nSPS) is 24.4. The van der Waals surface area contributed by atoms with Gasteiger partial charge in [0.15, 0.2) is 0 Å². The Hall–Kier alpha value is -2.94. The highest BCUT2D eigenvalue weighted by Gasteiger charge is 2.47. The van der Waals surface area contributed by atoms with Crippen LogP contribution in [0.1, 0.15) is 66.7 Å². The molecule has 38 heavy (non-hydrogen) atoms. The number of nitrogens with one attached hydrogen (secondary N) is 3. The van der Waals surface area contributed by atoms with Gasteiger partial charge in [0.2, 0.25) is 5.91 Å². The topological polar surface area (TPSA) is 102 Å². The van der Waals surface area contributed by atoms with Crippen molar-refractivity contribution in [2.75, 3.05) is 44.4 Å². The fourth-order valence-electron chi connectivity index (χ4n) is 7.10. The third-order valence-electron chi connectivity index (χ3n) is 9.13. The first-order chi connectivity index (χ1) is 18.2. The van der Waals surface area contributed by atoms with E-state index in [2.05, 4.69) is 43.1 Å². The minimum Gasteiger partial charge on any atom is -0.373 e. The van der Waals surface area contributed by atoms with Gasteiger partial charge in [0, 0.05) is 74.8 Å². The van der Waals surface area contributed by atoms with E-state index in [-0.39, 0.29) is 11.4 Å². The van der Waals surface area contributed by atoms with Gasteiger partial charge in [-0.15, -0.1) is 0 Å². The van der Waals surface area contributed by atoms with Crippen molar-refractivity contribution < 1.29 is 4.79 Å². The molecule has 2 aromatic rings. The number of hydrogen-bond acceptors (Lipinski definition) is 7.